The second-order valence-corrected chi connectivity index (χ2v) is 5.34. The standard InChI is InChI=1S/C19H18N2O4/c1-12(22)21-13-5-4-6-14(9-13)25-17-7-8-20-16-11-19(24-3)18(23-2)10-15(16)17/h4-11H,1-3H3,(H,21,22). The summed E-state index contributed by atoms with van der Waals surface area (Å²) in [5, 5.41) is 3.53. The molecular weight excluding hydrogens is 320 g/mol. The van der Waals surface area contributed by atoms with Crippen LogP contribution < -0.4 is 19.5 Å². The van der Waals surface area contributed by atoms with Crippen LogP contribution in [0.25, 0.3) is 10.9 Å². The Labute approximate surface area is 145 Å². The molecule has 0 saturated carbocycles. The van der Waals surface area contributed by atoms with Crippen molar-refractivity contribution in [3.63, 3.8) is 0 Å². The third-order valence-corrected chi connectivity index (χ3v) is 3.59. The highest BCUT2D eigenvalue weighted by Gasteiger charge is 2.11. The van der Waals surface area contributed by atoms with Gasteiger partial charge in [-0.3, -0.25) is 9.78 Å². The molecule has 0 spiro atoms. The summed E-state index contributed by atoms with van der Waals surface area (Å²) in [6.45, 7) is 1.46. The lowest BCUT2D eigenvalue weighted by atomic mass is 10.2. The summed E-state index contributed by atoms with van der Waals surface area (Å²) >= 11 is 0. The number of pyridine rings is 1. The maximum atomic E-state index is 11.2. The zero-order chi connectivity index (χ0) is 17.8. The van der Waals surface area contributed by atoms with Gasteiger partial charge in [-0.2, -0.15) is 0 Å². The Bertz CT molecular complexity index is 924. The number of carbonyl (C=O) groups excluding carboxylic acids is 1. The Kier molecular flexibility index (Phi) is 4.70. The number of benzene rings is 2. The number of nitrogens with one attached hydrogen (secondary N) is 1. The second kappa shape index (κ2) is 7.09. The molecule has 128 valence electrons. The Morgan fingerprint density at radius 3 is 2.48 bits per heavy atom. The zero-order valence-electron chi connectivity index (χ0n) is 14.2. The fraction of sp³-hybridized carbons (Fsp3) is 0.158. The van der Waals surface area contributed by atoms with Gasteiger partial charge in [0.2, 0.25) is 5.91 Å². The molecule has 0 atom stereocenters. The molecule has 0 fully saturated rings. The minimum atomic E-state index is -0.136. The van der Waals surface area contributed by atoms with E-state index in [9.17, 15) is 4.79 Å². The SMILES string of the molecule is COc1cc2nccc(Oc3cccc(NC(C)=O)c3)c2cc1OC. The van der Waals surface area contributed by atoms with Crippen LogP contribution in [0.3, 0.4) is 0 Å². The predicted molar refractivity (Wildman–Crippen MR) is 95.7 cm³/mol. The van der Waals surface area contributed by atoms with E-state index in [1.54, 1.807) is 44.7 Å². The van der Waals surface area contributed by atoms with E-state index in [2.05, 4.69) is 10.3 Å². The van der Waals surface area contributed by atoms with Crippen LogP contribution >= 0.6 is 0 Å². The summed E-state index contributed by atoms with van der Waals surface area (Å²) in [6, 6.07) is 12.6. The molecule has 0 aliphatic heterocycles. The van der Waals surface area contributed by atoms with Crippen LogP contribution in [0, 0.1) is 0 Å². The van der Waals surface area contributed by atoms with Crippen molar-refractivity contribution in [3.8, 4) is 23.0 Å². The number of amides is 1. The van der Waals surface area contributed by atoms with Gasteiger partial charge in [-0.1, -0.05) is 6.07 Å². The number of carbonyl (C=O) groups is 1. The van der Waals surface area contributed by atoms with Crippen LogP contribution in [0.5, 0.6) is 23.0 Å². The Hall–Kier alpha value is -3.28. The van der Waals surface area contributed by atoms with Crippen molar-refractivity contribution in [1.29, 1.82) is 0 Å². The number of ether oxygens (including phenoxy) is 3. The zero-order valence-corrected chi connectivity index (χ0v) is 14.2. The predicted octanol–water partition coefficient (Wildman–Crippen LogP) is 4.00. The van der Waals surface area contributed by atoms with Gasteiger partial charge in [-0.15, -0.1) is 0 Å². The van der Waals surface area contributed by atoms with Crippen molar-refractivity contribution in [3.05, 3.63) is 48.7 Å². The molecule has 1 heterocycles. The van der Waals surface area contributed by atoms with E-state index in [0.29, 0.717) is 28.7 Å². The number of hydrogen-bond acceptors (Lipinski definition) is 5. The van der Waals surface area contributed by atoms with Crippen LogP contribution in [-0.4, -0.2) is 25.1 Å². The molecule has 1 amide bonds. The quantitative estimate of drug-likeness (QED) is 0.761. The van der Waals surface area contributed by atoms with Crippen molar-refractivity contribution in [1.82, 2.24) is 4.98 Å². The fourth-order valence-electron chi connectivity index (χ4n) is 2.50. The maximum absolute atomic E-state index is 11.2. The average molecular weight is 338 g/mol. The number of anilines is 1. The molecule has 0 aliphatic rings. The lowest BCUT2D eigenvalue weighted by Crippen LogP contribution is -2.05. The normalized spacial score (nSPS) is 10.4. The Morgan fingerprint density at radius 2 is 1.76 bits per heavy atom. The van der Waals surface area contributed by atoms with E-state index in [4.69, 9.17) is 14.2 Å². The Balaban J connectivity index is 2.00. The van der Waals surface area contributed by atoms with Crippen LogP contribution in [0.4, 0.5) is 5.69 Å². The minimum absolute atomic E-state index is 0.136. The van der Waals surface area contributed by atoms with Crippen molar-refractivity contribution >= 4 is 22.5 Å². The fourth-order valence-corrected chi connectivity index (χ4v) is 2.50. The summed E-state index contributed by atoms with van der Waals surface area (Å²) in [6.07, 6.45) is 1.67. The lowest BCUT2D eigenvalue weighted by Gasteiger charge is -2.13. The molecule has 1 aromatic heterocycles. The molecule has 3 rings (SSSR count). The summed E-state index contributed by atoms with van der Waals surface area (Å²) in [5.41, 5.74) is 1.40. The van der Waals surface area contributed by atoms with Crippen molar-refractivity contribution < 1.29 is 19.0 Å². The molecule has 6 nitrogen and oxygen atoms in total. The highest BCUT2D eigenvalue weighted by Crippen LogP contribution is 2.37. The second-order valence-electron chi connectivity index (χ2n) is 5.34. The van der Waals surface area contributed by atoms with E-state index in [1.165, 1.54) is 6.92 Å². The van der Waals surface area contributed by atoms with E-state index < -0.39 is 0 Å². The van der Waals surface area contributed by atoms with Gasteiger partial charge in [0.15, 0.2) is 11.5 Å². The van der Waals surface area contributed by atoms with Crippen LogP contribution in [0.2, 0.25) is 0 Å². The molecule has 0 aliphatic carbocycles. The van der Waals surface area contributed by atoms with Crippen molar-refractivity contribution in [2.24, 2.45) is 0 Å². The van der Waals surface area contributed by atoms with Crippen LogP contribution in [0.15, 0.2) is 48.7 Å². The first-order chi connectivity index (χ1) is 12.1. The number of nitrogens with zero attached hydrogens (tertiary/aromatic N) is 1. The van der Waals surface area contributed by atoms with E-state index >= 15 is 0 Å². The average Bonchev–Trinajstić information content (AvgIpc) is 2.60. The van der Waals surface area contributed by atoms with Gasteiger partial charge in [-0.25, -0.2) is 0 Å². The molecular formula is C19H18N2O4. The lowest BCUT2D eigenvalue weighted by molar-refractivity contribution is -0.114. The van der Waals surface area contributed by atoms with Crippen LogP contribution in [-0.2, 0) is 4.79 Å². The number of aromatic nitrogens is 1. The van der Waals surface area contributed by atoms with E-state index in [-0.39, 0.29) is 5.91 Å². The summed E-state index contributed by atoms with van der Waals surface area (Å²) in [7, 11) is 3.16. The van der Waals surface area contributed by atoms with Crippen LogP contribution in [0.1, 0.15) is 6.92 Å². The number of methoxy groups -OCH3 is 2. The largest absolute Gasteiger partial charge is 0.493 e. The number of fused-ring (bicyclic) bond motifs is 1. The Morgan fingerprint density at radius 1 is 1.00 bits per heavy atom. The molecule has 0 radical (unpaired) electrons. The monoisotopic (exact) mass is 338 g/mol. The van der Waals surface area contributed by atoms with Gasteiger partial charge < -0.3 is 19.5 Å². The summed E-state index contributed by atoms with van der Waals surface area (Å²) < 4.78 is 16.7. The van der Waals surface area contributed by atoms with Gasteiger partial charge in [0, 0.05) is 36.3 Å². The van der Waals surface area contributed by atoms with Gasteiger partial charge >= 0.3 is 0 Å². The number of rotatable bonds is 5. The molecule has 6 heteroatoms. The van der Waals surface area contributed by atoms with Gasteiger partial charge in [0.25, 0.3) is 0 Å². The van der Waals surface area contributed by atoms with Gasteiger partial charge in [0.1, 0.15) is 11.5 Å². The third kappa shape index (κ3) is 3.63. The summed E-state index contributed by atoms with van der Waals surface area (Å²) in [5.74, 6) is 2.30. The first-order valence-electron chi connectivity index (χ1n) is 7.67. The van der Waals surface area contributed by atoms with Crippen molar-refractivity contribution in [2.75, 3.05) is 19.5 Å². The highest BCUT2D eigenvalue weighted by atomic mass is 16.5. The van der Waals surface area contributed by atoms with Gasteiger partial charge in [0.05, 0.1) is 19.7 Å². The third-order valence-electron chi connectivity index (χ3n) is 3.59. The molecule has 0 bridgehead atoms. The molecule has 1 N–H and O–H groups in total. The molecule has 0 unspecified atom stereocenters. The first-order valence-corrected chi connectivity index (χ1v) is 7.67. The molecule has 3 aromatic rings. The molecule has 2 aromatic carbocycles. The van der Waals surface area contributed by atoms with E-state index in [1.807, 2.05) is 18.2 Å². The van der Waals surface area contributed by atoms with Crippen molar-refractivity contribution in [2.45, 2.75) is 6.92 Å². The minimum Gasteiger partial charge on any atom is -0.493 e. The van der Waals surface area contributed by atoms with Gasteiger partial charge in [-0.05, 0) is 24.3 Å². The highest BCUT2D eigenvalue weighted by molar-refractivity contribution is 5.89. The first kappa shape index (κ1) is 16.6. The van der Waals surface area contributed by atoms with E-state index in [0.717, 1.165) is 10.9 Å². The summed E-state index contributed by atoms with van der Waals surface area (Å²) in [4.78, 5) is 15.6. The smallest absolute Gasteiger partial charge is 0.221 e. The molecule has 0 saturated heterocycles. The molecule has 25 heavy (non-hydrogen) atoms. The topological polar surface area (TPSA) is 69.7 Å². The maximum Gasteiger partial charge on any atom is 0.221 e. The number of hydrogen-bond donors (Lipinski definition) is 1.